The summed E-state index contributed by atoms with van der Waals surface area (Å²) in [6, 6.07) is 2.00. The average molecular weight is 186 g/mol. The van der Waals surface area contributed by atoms with Crippen molar-refractivity contribution < 1.29 is 0 Å². The van der Waals surface area contributed by atoms with Gasteiger partial charge in [0.05, 0.1) is 0 Å². The second kappa shape index (κ2) is 3.97. The van der Waals surface area contributed by atoms with Crippen LogP contribution in [0.2, 0.25) is 0 Å². The molecule has 0 fully saturated rings. The molecule has 0 saturated carbocycles. The molecule has 0 radical (unpaired) electrons. The first-order chi connectivity index (χ1) is 5.26. The first kappa shape index (κ1) is 8.87. The summed E-state index contributed by atoms with van der Waals surface area (Å²) in [5.74, 6) is 0.848. The molecule has 0 amide bonds. The van der Waals surface area contributed by atoms with Crippen molar-refractivity contribution in [2.45, 2.75) is 17.0 Å². The normalized spacial score (nSPS) is 10.1. The van der Waals surface area contributed by atoms with Crippen LogP contribution in [0.5, 0.6) is 0 Å². The van der Waals surface area contributed by atoms with E-state index in [1.54, 1.807) is 23.5 Å². The molecule has 1 aromatic rings. The van der Waals surface area contributed by atoms with Gasteiger partial charge in [0.25, 0.3) is 0 Å². The molecule has 2 nitrogen and oxygen atoms in total. The molecule has 60 valence electrons. The molecule has 0 aliphatic carbocycles. The Kier molecular flexibility index (Phi) is 3.20. The Hall–Kier alpha value is -0.220. The summed E-state index contributed by atoms with van der Waals surface area (Å²) in [6.07, 6.45) is 4.04. The minimum absolute atomic E-state index is 0.848. The molecule has 0 bridgehead atoms. The second-order valence-corrected chi connectivity index (χ2v) is 3.65. The summed E-state index contributed by atoms with van der Waals surface area (Å²) in [4.78, 5) is 8.48. The summed E-state index contributed by atoms with van der Waals surface area (Å²) in [5.41, 5.74) is 0. The quantitative estimate of drug-likeness (QED) is 0.522. The molecular weight excluding hydrogens is 176 g/mol. The van der Waals surface area contributed by atoms with Crippen LogP contribution in [0.15, 0.2) is 16.1 Å². The van der Waals surface area contributed by atoms with Crippen molar-refractivity contribution >= 4 is 23.5 Å². The zero-order valence-electron chi connectivity index (χ0n) is 6.79. The van der Waals surface area contributed by atoms with Gasteiger partial charge in [0.1, 0.15) is 15.9 Å². The van der Waals surface area contributed by atoms with Crippen LogP contribution in [0, 0.1) is 6.92 Å². The lowest BCUT2D eigenvalue weighted by atomic mass is 10.6. The highest BCUT2D eigenvalue weighted by Gasteiger charge is 1.98. The topological polar surface area (TPSA) is 25.8 Å². The van der Waals surface area contributed by atoms with Crippen molar-refractivity contribution in [3.8, 4) is 0 Å². The van der Waals surface area contributed by atoms with Gasteiger partial charge in [-0.3, -0.25) is 0 Å². The summed E-state index contributed by atoms with van der Waals surface area (Å²) in [5, 5.41) is 2.09. The van der Waals surface area contributed by atoms with Gasteiger partial charge >= 0.3 is 0 Å². The van der Waals surface area contributed by atoms with Gasteiger partial charge in [-0.2, -0.15) is 0 Å². The number of hydrogen-bond acceptors (Lipinski definition) is 4. The van der Waals surface area contributed by atoms with Crippen molar-refractivity contribution in [2.75, 3.05) is 12.5 Å². The van der Waals surface area contributed by atoms with E-state index in [1.807, 2.05) is 25.5 Å². The van der Waals surface area contributed by atoms with E-state index < -0.39 is 0 Å². The fourth-order valence-corrected chi connectivity index (χ4v) is 1.70. The summed E-state index contributed by atoms with van der Waals surface area (Å²) in [6.45, 7) is 1.92. The molecule has 4 heteroatoms. The number of nitrogens with zero attached hydrogens (tertiary/aromatic N) is 2. The third kappa shape index (κ3) is 2.38. The highest BCUT2D eigenvalue weighted by Crippen LogP contribution is 2.18. The lowest BCUT2D eigenvalue weighted by molar-refractivity contribution is 0.901. The molecule has 0 unspecified atom stereocenters. The van der Waals surface area contributed by atoms with Crippen LogP contribution >= 0.6 is 23.5 Å². The third-order valence-electron chi connectivity index (χ3n) is 1.21. The predicted octanol–water partition coefficient (Wildman–Crippen LogP) is 2.23. The summed E-state index contributed by atoms with van der Waals surface area (Å²) >= 11 is 3.30. The molecule has 0 N–H and O–H groups in total. The predicted molar refractivity (Wildman–Crippen MR) is 50.3 cm³/mol. The molecule has 0 saturated heterocycles. The Morgan fingerprint density at radius 3 is 1.91 bits per heavy atom. The van der Waals surface area contributed by atoms with Gasteiger partial charge in [-0.05, 0) is 19.4 Å². The van der Waals surface area contributed by atoms with Crippen LogP contribution in [0.1, 0.15) is 5.82 Å². The van der Waals surface area contributed by atoms with Crippen LogP contribution in [-0.2, 0) is 0 Å². The van der Waals surface area contributed by atoms with E-state index in [9.17, 15) is 0 Å². The molecule has 1 rings (SSSR count). The Bertz CT molecular complexity index is 228. The van der Waals surface area contributed by atoms with Crippen molar-refractivity contribution in [2.24, 2.45) is 0 Å². The maximum absolute atomic E-state index is 4.24. The molecule has 0 aliphatic rings. The van der Waals surface area contributed by atoms with Gasteiger partial charge in [0.2, 0.25) is 0 Å². The fraction of sp³-hybridized carbons (Fsp3) is 0.429. The van der Waals surface area contributed by atoms with Gasteiger partial charge < -0.3 is 0 Å². The van der Waals surface area contributed by atoms with Crippen LogP contribution in [0.4, 0.5) is 0 Å². The number of thioether (sulfide) groups is 2. The van der Waals surface area contributed by atoms with Crippen LogP contribution < -0.4 is 0 Å². The van der Waals surface area contributed by atoms with Gasteiger partial charge in [-0.25, -0.2) is 9.97 Å². The van der Waals surface area contributed by atoms with Gasteiger partial charge in [-0.1, -0.05) is 0 Å². The average Bonchev–Trinajstić information content (AvgIpc) is 2.03. The lowest BCUT2D eigenvalue weighted by Gasteiger charge is -1.99. The molecule has 11 heavy (non-hydrogen) atoms. The Labute approximate surface area is 75.2 Å². The third-order valence-corrected chi connectivity index (χ3v) is 2.46. The zero-order chi connectivity index (χ0) is 8.27. The van der Waals surface area contributed by atoms with Gasteiger partial charge in [-0.15, -0.1) is 23.5 Å². The van der Waals surface area contributed by atoms with E-state index in [0.717, 1.165) is 15.9 Å². The Morgan fingerprint density at radius 1 is 1.09 bits per heavy atom. The van der Waals surface area contributed by atoms with E-state index in [2.05, 4.69) is 9.97 Å². The lowest BCUT2D eigenvalue weighted by Crippen LogP contribution is -1.90. The van der Waals surface area contributed by atoms with E-state index in [4.69, 9.17) is 0 Å². The van der Waals surface area contributed by atoms with Gasteiger partial charge in [0.15, 0.2) is 0 Å². The molecular formula is C7H10N2S2. The van der Waals surface area contributed by atoms with Crippen molar-refractivity contribution in [3.63, 3.8) is 0 Å². The van der Waals surface area contributed by atoms with Crippen molar-refractivity contribution in [3.05, 3.63) is 11.9 Å². The monoisotopic (exact) mass is 186 g/mol. The largest absolute Gasteiger partial charge is 0.227 e. The second-order valence-electron chi connectivity index (χ2n) is 2.00. The highest BCUT2D eigenvalue weighted by atomic mass is 32.2. The van der Waals surface area contributed by atoms with Crippen molar-refractivity contribution in [1.82, 2.24) is 9.97 Å². The fourth-order valence-electron chi connectivity index (χ4n) is 0.723. The molecule has 1 aromatic heterocycles. The standard InChI is InChI=1S/C7H10N2S2/c1-5-8-6(10-2)4-7(9-5)11-3/h4H,1-3H3. The highest BCUT2D eigenvalue weighted by molar-refractivity contribution is 7.99. The molecule has 0 aliphatic heterocycles. The molecule has 1 heterocycles. The Balaban J connectivity index is 3.02. The minimum Gasteiger partial charge on any atom is -0.227 e. The number of hydrogen-bond donors (Lipinski definition) is 0. The first-order valence-corrected chi connectivity index (χ1v) is 5.65. The maximum Gasteiger partial charge on any atom is 0.127 e. The van der Waals surface area contributed by atoms with Gasteiger partial charge in [0, 0.05) is 6.07 Å². The van der Waals surface area contributed by atoms with E-state index in [-0.39, 0.29) is 0 Å². The van der Waals surface area contributed by atoms with Crippen LogP contribution in [0.3, 0.4) is 0 Å². The Morgan fingerprint density at radius 2 is 1.55 bits per heavy atom. The SMILES string of the molecule is CSc1cc(SC)nc(C)n1. The molecule has 0 spiro atoms. The maximum atomic E-state index is 4.24. The van der Waals surface area contributed by atoms with E-state index in [1.165, 1.54) is 0 Å². The number of aryl methyl sites for hydroxylation is 1. The zero-order valence-corrected chi connectivity index (χ0v) is 8.42. The van der Waals surface area contributed by atoms with E-state index >= 15 is 0 Å². The number of rotatable bonds is 2. The van der Waals surface area contributed by atoms with Crippen LogP contribution in [0.25, 0.3) is 0 Å². The molecule has 0 atom stereocenters. The summed E-state index contributed by atoms with van der Waals surface area (Å²) < 4.78 is 0. The summed E-state index contributed by atoms with van der Waals surface area (Å²) in [7, 11) is 0. The minimum atomic E-state index is 0.848. The van der Waals surface area contributed by atoms with E-state index in [0.29, 0.717) is 0 Å². The van der Waals surface area contributed by atoms with Crippen molar-refractivity contribution in [1.29, 1.82) is 0 Å². The number of aromatic nitrogens is 2. The first-order valence-electron chi connectivity index (χ1n) is 3.20. The van der Waals surface area contributed by atoms with Crippen LogP contribution in [-0.4, -0.2) is 22.5 Å². The smallest absolute Gasteiger partial charge is 0.127 e. The molecule has 0 aromatic carbocycles.